The topological polar surface area (TPSA) is 37.4 Å². The van der Waals surface area contributed by atoms with E-state index in [0.717, 1.165) is 11.1 Å². The van der Waals surface area contributed by atoms with Gasteiger partial charge in [-0.05, 0) is 42.7 Å². The number of fused-ring (bicyclic) bond motifs is 5. The van der Waals surface area contributed by atoms with Crippen LogP contribution >= 0.6 is 11.6 Å². The zero-order chi connectivity index (χ0) is 19.6. The summed E-state index contributed by atoms with van der Waals surface area (Å²) in [5, 5.41) is 0.566. The monoisotopic (exact) mass is 389 g/mol. The highest BCUT2D eigenvalue weighted by molar-refractivity contribution is 6.32. The highest BCUT2D eigenvalue weighted by Gasteiger charge is 2.62. The Hall–Kier alpha value is -2.65. The molecule has 1 saturated heterocycles. The molecule has 5 rings (SSSR count). The Morgan fingerprint density at radius 1 is 0.929 bits per heavy atom. The third kappa shape index (κ3) is 2.29. The Bertz CT molecular complexity index is 1040. The molecule has 0 unspecified atom stereocenters. The van der Waals surface area contributed by atoms with Gasteiger partial charge in [0.25, 0.3) is 0 Å². The lowest BCUT2D eigenvalue weighted by Crippen LogP contribution is -2.33. The normalized spacial score (nSPS) is 29.6. The molecule has 3 aliphatic rings. The number of benzene rings is 2. The second kappa shape index (κ2) is 6.18. The third-order valence-corrected chi connectivity index (χ3v) is 6.88. The highest BCUT2D eigenvalue weighted by atomic mass is 35.5. The van der Waals surface area contributed by atoms with E-state index in [1.54, 1.807) is 12.1 Å². The first-order chi connectivity index (χ1) is 13.5. The maximum atomic E-state index is 13.3. The smallest absolute Gasteiger partial charge is 0.238 e. The molecule has 28 heavy (non-hydrogen) atoms. The molecule has 2 fully saturated rings. The maximum absolute atomic E-state index is 13.3. The number of amides is 2. The first-order valence-electron chi connectivity index (χ1n) is 9.57. The summed E-state index contributed by atoms with van der Waals surface area (Å²) in [6.07, 6.45) is 4.23. The summed E-state index contributed by atoms with van der Waals surface area (Å²) >= 11 is 6.24. The van der Waals surface area contributed by atoms with Crippen molar-refractivity contribution in [3.63, 3.8) is 0 Å². The minimum atomic E-state index is -0.309. The molecule has 0 aromatic heterocycles. The second-order valence-corrected chi connectivity index (χ2v) is 8.29. The van der Waals surface area contributed by atoms with Crippen LogP contribution in [0.3, 0.4) is 0 Å². The van der Waals surface area contributed by atoms with Gasteiger partial charge < -0.3 is 0 Å². The minimum Gasteiger partial charge on any atom is -0.274 e. The van der Waals surface area contributed by atoms with E-state index in [1.165, 1.54) is 16.0 Å². The molecule has 3 nitrogen and oxygen atoms in total. The zero-order valence-electron chi connectivity index (χ0n) is 15.7. The summed E-state index contributed by atoms with van der Waals surface area (Å²) in [6, 6.07) is 15.6. The fourth-order valence-corrected chi connectivity index (χ4v) is 5.27. The first kappa shape index (κ1) is 17.4. The van der Waals surface area contributed by atoms with Crippen LogP contribution in [0.1, 0.15) is 18.1 Å². The zero-order valence-corrected chi connectivity index (χ0v) is 16.5. The van der Waals surface area contributed by atoms with Gasteiger partial charge in [-0.25, -0.2) is 4.90 Å². The lowest BCUT2D eigenvalue weighted by Gasteiger charge is -2.20. The molecule has 2 amide bonds. The summed E-state index contributed by atoms with van der Waals surface area (Å²) in [4.78, 5) is 27.9. The van der Waals surface area contributed by atoms with Crippen molar-refractivity contribution in [2.24, 2.45) is 23.7 Å². The number of rotatable bonds is 2. The number of halogens is 1. The van der Waals surface area contributed by atoms with Crippen molar-refractivity contribution in [3.05, 3.63) is 82.4 Å². The lowest BCUT2D eigenvalue weighted by molar-refractivity contribution is -0.122. The summed E-state index contributed by atoms with van der Waals surface area (Å²) < 4.78 is 0. The SMILES string of the molecule is CC(=C1[C@H]2C=C[C@H]1[C@H]1C(=O)N(c3ccc(C)c(Cl)c3)C(=O)[C@H]12)c1ccccc1. The van der Waals surface area contributed by atoms with Crippen LogP contribution in [0.4, 0.5) is 5.69 Å². The summed E-state index contributed by atoms with van der Waals surface area (Å²) in [5.74, 6) is -0.835. The van der Waals surface area contributed by atoms with Crippen LogP contribution in [0.5, 0.6) is 0 Å². The lowest BCUT2D eigenvalue weighted by atomic mass is 9.85. The van der Waals surface area contributed by atoms with Crippen LogP contribution in [0.2, 0.25) is 5.02 Å². The van der Waals surface area contributed by atoms with Crippen molar-refractivity contribution in [1.82, 2.24) is 0 Å². The number of aryl methyl sites for hydroxylation is 1. The second-order valence-electron chi connectivity index (χ2n) is 7.88. The Kier molecular flexibility index (Phi) is 3.85. The Balaban J connectivity index is 1.55. The maximum Gasteiger partial charge on any atom is 0.238 e. The number of hydrogen-bond donors (Lipinski definition) is 0. The first-order valence-corrected chi connectivity index (χ1v) is 9.95. The molecule has 140 valence electrons. The average Bonchev–Trinajstić information content (AvgIpc) is 3.34. The number of nitrogens with zero attached hydrogens (tertiary/aromatic N) is 1. The van der Waals surface area contributed by atoms with E-state index in [4.69, 9.17) is 11.6 Å². The number of anilines is 1. The molecule has 0 N–H and O–H groups in total. The fraction of sp³-hybridized carbons (Fsp3) is 0.250. The predicted molar refractivity (Wildman–Crippen MR) is 111 cm³/mol. The van der Waals surface area contributed by atoms with Gasteiger partial charge in [-0.3, -0.25) is 9.59 Å². The van der Waals surface area contributed by atoms with Crippen molar-refractivity contribution in [1.29, 1.82) is 0 Å². The Morgan fingerprint density at radius 2 is 1.54 bits per heavy atom. The van der Waals surface area contributed by atoms with Crippen LogP contribution in [-0.4, -0.2) is 11.8 Å². The van der Waals surface area contributed by atoms with E-state index in [1.807, 2.05) is 31.2 Å². The van der Waals surface area contributed by atoms with Gasteiger partial charge in [0.15, 0.2) is 0 Å². The van der Waals surface area contributed by atoms with Crippen molar-refractivity contribution in [3.8, 4) is 0 Å². The molecule has 2 bridgehead atoms. The Morgan fingerprint density at radius 3 is 2.11 bits per heavy atom. The van der Waals surface area contributed by atoms with E-state index in [9.17, 15) is 9.59 Å². The molecular formula is C24H20ClNO2. The van der Waals surface area contributed by atoms with Gasteiger partial charge >= 0.3 is 0 Å². The van der Waals surface area contributed by atoms with Crippen LogP contribution in [-0.2, 0) is 9.59 Å². The molecule has 4 heteroatoms. The van der Waals surface area contributed by atoms with Gasteiger partial charge in [-0.1, -0.05) is 65.7 Å². The molecule has 2 aromatic carbocycles. The van der Waals surface area contributed by atoms with Crippen molar-refractivity contribution in [2.45, 2.75) is 13.8 Å². The van der Waals surface area contributed by atoms with Gasteiger partial charge in [0.1, 0.15) is 0 Å². The summed E-state index contributed by atoms with van der Waals surface area (Å²) in [5.41, 5.74) is 5.06. The van der Waals surface area contributed by atoms with E-state index in [-0.39, 0.29) is 35.5 Å². The molecule has 0 spiro atoms. The summed E-state index contributed by atoms with van der Waals surface area (Å²) in [6.45, 7) is 4.01. The molecule has 4 atom stereocenters. The van der Waals surface area contributed by atoms with E-state index in [2.05, 4.69) is 31.2 Å². The van der Waals surface area contributed by atoms with E-state index < -0.39 is 0 Å². The molecule has 2 aliphatic carbocycles. The Labute approximate surface area is 169 Å². The molecule has 0 radical (unpaired) electrons. The minimum absolute atomic E-state index is 0.00224. The van der Waals surface area contributed by atoms with Gasteiger partial charge in [0.05, 0.1) is 17.5 Å². The highest BCUT2D eigenvalue weighted by Crippen LogP contribution is 2.58. The standard InChI is InChI=1S/C24H20ClNO2/c1-13-8-9-16(12-19(13)25)26-23(27)21-17-10-11-18(22(21)24(26)28)20(17)14(2)15-6-4-3-5-7-15/h3-12,17-18,21-22H,1-2H3/t17-,18-,21-,22+/m1/s1. The third-order valence-electron chi connectivity index (χ3n) is 6.47. The van der Waals surface area contributed by atoms with Gasteiger partial charge in [-0.2, -0.15) is 0 Å². The average molecular weight is 390 g/mol. The number of allylic oxidation sites excluding steroid dienone is 4. The number of hydrogen-bond acceptors (Lipinski definition) is 2. The van der Waals surface area contributed by atoms with Crippen molar-refractivity contribution < 1.29 is 9.59 Å². The quantitative estimate of drug-likeness (QED) is 0.532. The van der Waals surface area contributed by atoms with Crippen molar-refractivity contribution in [2.75, 3.05) is 4.90 Å². The van der Waals surface area contributed by atoms with Gasteiger partial charge in [0, 0.05) is 16.9 Å². The predicted octanol–water partition coefficient (Wildman–Crippen LogP) is 5.04. The fourth-order valence-electron chi connectivity index (χ4n) is 5.09. The largest absolute Gasteiger partial charge is 0.274 e. The van der Waals surface area contributed by atoms with Crippen LogP contribution in [0.15, 0.2) is 66.3 Å². The van der Waals surface area contributed by atoms with E-state index >= 15 is 0 Å². The number of carbonyl (C=O) groups is 2. The van der Waals surface area contributed by atoms with Gasteiger partial charge in [-0.15, -0.1) is 0 Å². The molecular weight excluding hydrogens is 370 g/mol. The van der Waals surface area contributed by atoms with Gasteiger partial charge in [0.2, 0.25) is 11.8 Å². The summed E-state index contributed by atoms with van der Waals surface area (Å²) in [7, 11) is 0. The van der Waals surface area contributed by atoms with Crippen molar-refractivity contribution >= 4 is 34.7 Å². The van der Waals surface area contributed by atoms with Crippen LogP contribution in [0, 0.1) is 30.6 Å². The van der Waals surface area contributed by atoms with Crippen LogP contribution < -0.4 is 4.90 Å². The molecule has 2 aromatic rings. The molecule has 1 aliphatic heterocycles. The van der Waals surface area contributed by atoms with E-state index in [0.29, 0.717) is 10.7 Å². The number of carbonyl (C=O) groups excluding carboxylic acids is 2. The molecule has 1 heterocycles. The number of imide groups is 1. The molecule has 1 saturated carbocycles. The van der Waals surface area contributed by atoms with Crippen LogP contribution in [0.25, 0.3) is 5.57 Å².